The van der Waals surface area contributed by atoms with Crippen LogP contribution in [0.1, 0.15) is 10.4 Å². The second-order valence-corrected chi connectivity index (χ2v) is 3.89. The molecule has 0 unspecified atom stereocenters. The van der Waals surface area contributed by atoms with Gasteiger partial charge in [0.15, 0.2) is 11.6 Å². The molecule has 0 aliphatic heterocycles. The number of nitrogen functional groups attached to an aromatic ring is 1. The van der Waals surface area contributed by atoms with E-state index in [2.05, 4.69) is 5.32 Å². The third-order valence-electron chi connectivity index (χ3n) is 2.61. The molecule has 0 saturated heterocycles. The topological polar surface area (TPSA) is 64.3 Å². The molecule has 5 heteroatoms. The van der Waals surface area contributed by atoms with Crippen molar-refractivity contribution < 1.29 is 13.9 Å². The molecule has 2 aromatic carbocycles. The quantitative estimate of drug-likeness (QED) is 0.834. The number of methoxy groups -OCH3 is 1. The number of ether oxygens (including phenoxy) is 1. The molecule has 3 N–H and O–H groups in total. The SMILES string of the molecule is COc1cc(NC(=O)c2ccccc2N)ccc1F. The van der Waals surface area contributed by atoms with E-state index in [0.29, 0.717) is 16.9 Å². The second kappa shape index (κ2) is 5.39. The fourth-order valence-corrected chi connectivity index (χ4v) is 1.64. The summed E-state index contributed by atoms with van der Waals surface area (Å²) in [6.07, 6.45) is 0. The number of halogens is 1. The number of nitrogens with one attached hydrogen (secondary N) is 1. The van der Waals surface area contributed by atoms with Crippen LogP contribution in [0, 0.1) is 5.82 Å². The zero-order valence-corrected chi connectivity index (χ0v) is 10.3. The lowest BCUT2D eigenvalue weighted by Crippen LogP contribution is -2.14. The van der Waals surface area contributed by atoms with E-state index in [-0.39, 0.29) is 11.7 Å². The maximum atomic E-state index is 13.2. The first kappa shape index (κ1) is 12.9. The predicted octanol–water partition coefficient (Wildman–Crippen LogP) is 2.67. The minimum atomic E-state index is -0.486. The summed E-state index contributed by atoms with van der Waals surface area (Å²) in [7, 11) is 1.36. The van der Waals surface area contributed by atoms with Crippen LogP contribution in [-0.4, -0.2) is 13.0 Å². The number of para-hydroxylation sites is 1. The number of anilines is 2. The van der Waals surface area contributed by atoms with Gasteiger partial charge in [0.05, 0.1) is 12.7 Å². The summed E-state index contributed by atoms with van der Waals surface area (Å²) in [5, 5.41) is 2.64. The van der Waals surface area contributed by atoms with Crippen LogP contribution in [0.5, 0.6) is 5.75 Å². The maximum Gasteiger partial charge on any atom is 0.257 e. The van der Waals surface area contributed by atoms with Gasteiger partial charge in [-0.2, -0.15) is 0 Å². The Kier molecular flexibility index (Phi) is 3.66. The number of carbonyl (C=O) groups excluding carboxylic acids is 1. The van der Waals surface area contributed by atoms with Gasteiger partial charge in [0.1, 0.15) is 0 Å². The molecule has 19 heavy (non-hydrogen) atoms. The molecule has 0 atom stereocenters. The molecule has 1 amide bonds. The molecular formula is C14H13FN2O2. The molecule has 2 rings (SSSR count). The molecule has 0 aliphatic rings. The van der Waals surface area contributed by atoms with E-state index in [1.54, 1.807) is 24.3 Å². The molecule has 0 bridgehead atoms. The van der Waals surface area contributed by atoms with E-state index in [4.69, 9.17) is 10.5 Å². The van der Waals surface area contributed by atoms with E-state index in [1.165, 1.54) is 25.3 Å². The number of nitrogens with two attached hydrogens (primary N) is 1. The standard InChI is InChI=1S/C14H13FN2O2/c1-19-13-8-9(6-7-11(13)15)17-14(18)10-4-2-3-5-12(10)16/h2-8H,16H2,1H3,(H,17,18). The van der Waals surface area contributed by atoms with E-state index in [1.807, 2.05) is 0 Å². The predicted molar refractivity (Wildman–Crippen MR) is 71.8 cm³/mol. The minimum Gasteiger partial charge on any atom is -0.494 e. The molecule has 0 aliphatic carbocycles. The molecule has 0 fully saturated rings. The summed E-state index contributed by atoms with van der Waals surface area (Å²) >= 11 is 0. The van der Waals surface area contributed by atoms with E-state index in [9.17, 15) is 9.18 Å². The van der Waals surface area contributed by atoms with Crippen LogP contribution in [0.4, 0.5) is 15.8 Å². The Morgan fingerprint density at radius 3 is 2.68 bits per heavy atom. The Bertz CT molecular complexity index is 614. The first-order valence-corrected chi connectivity index (χ1v) is 5.61. The molecule has 2 aromatic rings. The van der Waals surface area contributed by atoms with Gasteiger partial charge in [-0.3, -0.25) is 4.79 Å². The summed E-state index contributed by atoms with van der Waals surface area (Å²) in [6.45, 7) is 0. The minimum absolute atomic E-state index is 0.0684. The summed E-state index contributed by atoms with van der Waals surface area (Å²) in [5.41, 5.74) is 6.90. The number of benzene rings is 2. The van der Waals surface area contributed by atoms with Gasteiger partial charge < -0.3 is 15.8 Å². The van der Waals surface area contributed by atoms with Crippen molar-refractivity contribution in [2.24, 2.45) is 0 Å². The lowest BCUT2D eigenvalue weighted by atomic mass is 10.1. The van der Waals surface area contributed by atoms with Crippen molar-refractivity contribution >= 4 is 17.3 Å². The van der Waals surface area contributed by atoms with Crippen molar-refractivity contribution in [2.75, 3.05) is 18.2 Å². The van der Waals surface area contributed by atoms with Gasteiger partial charge in [-0.05, 0) is 24.3 Å². The number of hydrogen-bond acceptors (Lipinski definition) is 3. The summed E-state index contributed by atoms with van der Waals surface area (Å²) in [4.78, 5) is 12.0. The first-order chi connectivity index (χ1) is 9.11. The monoisotopic (exact) mass is 260 g/mol. The van der Waals surface area contributed by atoms with Crippen LogP contribution in [0.25, 0.3) is 0 Å². The smallest absolute Gasteiger partial charge is 0.257 e. The van der Waals surface area contributed by atoms with E-state index < -0.39 is 5.82 Å². The molecule has 0 aromatic heterocycles. The second-order valence-electron chi connectivity index (χ2n) is 3.89. The van der Waals surface area contributed by atoms with Crippen molar-refractivity contribution in [2.45, 2.75) is 0 Å². The highest BCUT2D eigenvalue weighted by atomic mass is 19.1. The summed E-state index contributed by atoms with van der Waals surface area (Å²) in [6, 6.07) is 10.8. The van der Waals surface area contributed by atoms with Crippen LogP contribution in [0.2, 0.25) is 0 Å². The van der Waals surface area contributed by atoms with Gasteiger partial charge in [0, 0.05) is 17.4 Å². The Labute approximate surface area is 110 Å². The number of carbonyl (C=O) groups is 1. The van der Waals surface area contributed by atoms with Crippen molar-refractivity contribution in [3.05, 3.63) is 53.8 Å². The van der Waals surface area contributed by atoms with E-state index >= 15 is 0 Å². The van der Waals surface area contributed by atoms with Crippen LogP contribution in [0.3, 0.4) is 0 Å². The lowest BCUT2D eigenvalue weighted by Gasteiger charge is -2.09. The van der Waals surface area contributed by atoms with Crippen molar-refractivity contribution in [1.29, 1.82) is 0 Å². The summed E-state index contributed by atoms with van der Waals surface area (Å²) in [5.74, 6) is -0.773. The molecule has 0 heterocycles. The Morgan fingerprint density at radius 2 is 2.00 bits per heavy atom. The van der Waals surface area contributed by atoms with Gasteiger partial charge in [-0.15, -0.1) is 0 Å². The molecule has 98 valence electrons. The average Bonchev–Trinajstić information content (AvgIpc) is 2.41. The lowest BCUT2D eigenvalue weighted by molar-refractivity contribution is 0.102. The maximum absolute atomic E-state index is 13.2. The summed E-state index contributed by atoms with van der Waals surface area (Å²) < 4.78 is 18.1. The van der Waals surface area contributed by atoms with Crippen LogP contribution in [-0.2, 0) is 0 Å². The van der Waals surface area contributed by atoms with Gasteiger partial charge in [-0.25, -0.2) is 4.39 Å². The highest BCUT2D eigenvalue weighted by Crippen LogP contribution is 2.22. The molecule has 0 radical (unpaired) electrons. The van der Waals surface area contributed by atoms with Crippen LogP contribution < -0.4 is 15.8 Å². The Balaban J connectivity index is 2.22. The van der Waals surface area contributed by atoms with Crippen LogP contribution >= 0.6 is 0 Å². The van der Waals surface area contributed by atoms with Gasteiger partial charge in [0.2, 0.25) is 0 Å². The molecule has 0 saturated carbocycles. The van der Waals surface area contributed by atoms with E-state index in [0.717, 1.165) is 0 Å². The Hall–Kier alpha value is -2.56. The fraction of sp³-hybridized carbons (Fsp3) is 0.0714. The first-order valence-electron chi connectivity index (χ1n) is 5.61. The number of amides is 1. The molecule has 4 nitrogen and oxygen atoms in total. The highest BCUT2D eigenvalue weighted by Gasteiger charge is 2.10. The largest absolute Gasteiger partial charge is 0.494 e. The van der Waals surface area contributed by atoms with Crippen molar-refractivity contribution in [3.63, 3.8) is 0 Å². The zero-order valence-electron chi connectivity index (χ0n) is 10.3. The number of hydrogen-bond donors (Lipinski definition) is 2. The fourth-order valence-electron chi connectivity index (χ4n) is 1.64. The third kappa shape index (κ3) is 2.82. The third-order valence-corrected chi connectivity index (χ3v) is 2.61. The molecule has 0 spiro atoms. The Morgan fingerprint density at radius 1 is 1.26 bits per heavy atom. The number of rotatable bonds is 3. The molecular weight excluding hydrogens is 247 g/mol. The average molecular weight is 260 g/mol. The van der Waals surface area contributed by atoms with Crippen molar-refractivity contribution in [3.8, 4) is 5.75 Å². The van der Waals surface area contributed by atoms with Crippen LogP contribution in [0.15, 0.2) is 42.5 Å². The highest BCUT2D eigenvalue weighted by molar-refractivity contribution is 6.07. The zero-order chi connectivity index (χ0) is 13.8. The van der Waals surface area contributed by atoms with Gasteiger partial charge in [-0.1, -0.05) is 12.1 Å². The van der Waals surface area contributed by atoms with Gasteiger partial charge in [0.25, 0.3) is 5.91 Å². The van der Waals surface area contributed by atoms with Gasteiger partial charge >= 0.3 is 0 Å². The normalized spacial score (nSPS) is 10.0. The van der Waals surface area contributed by atoms with Crippen molar-refractivity contribution in [1.82, 2.24) is 0 Å².